The minimum Gasteiger partial charge on any atom is -0.316 e. The Kier molecular flexibility index (Phi) is 6.12. The van der Waals surface area contributed by atoms with E-state index in [-0.39, 0.29) is 23.7 Å². The molecule has 100 valence electrons. The second-order valence-electron chi connectivity index (χ2n) is 4.86. The molecule has 1 saturated heterocycles. The Labute approximate surface area is 104 Å². The number of carbonyl (C=O) groups is 1. The van der Waals surface area contributed by atoms with E-state index < -0.39 is 9.84 Å². The van der Waals surface area contributed by atoms with E-state index in [1.807, 2.05) is 6.92 Å². The van der Waals surface area contributed by atoms with E-state index >= 15 is 0 Å². The normalized spacial score (nSPS) is 21.4. The van der Waals surface area contributed by atoms with Crippen LogP contribution in [0.2, 0.25) is 0 Å². The molecule has 0 aromatic rings. The van der Waals surface area contributed by atoms with Crippen molar-refractivity contribution in [2.45, 2.75) is 39.0 Å². The van der Waals surface area contributed by atoms with E-state index in [9.17, 15) is 13.2 Å². The van der Waals surface area contributed by atoms with Gasteiger partial charge in [0, 0.05) is 18.6 Å². The number of ketones is 1. The van der Waals surface area contributed by atoms with Gasteiger partial charge in [0.2, 0.25) is 0 Å². The maximum atomic E-state index is 11.7. The predicted octanol–water partition coefficient (Wildman–Crippen LogP) is 1.16. The molecule has 0 aliphatic carbocycles. The molecule has 1 N–H and O–H groups in total. The van der Waals surface area contributed by atoms with Crippen LogP contribution in [0.15, 0.2) is 0 Å². The Morgan fingerprint density at radius 3 is 2.71 bits per heavy atom. The molecule has 0 spiro atoms. The third-order valence-corrected chi connectivity index (χ3v) is 4.98. The Hall–Kier alpha value is -0.420. The smallest absolute Gasteiger partial charge is 0.150 e. The summed E-state index contributed by atoms with van der Waals surface area (Å²) in [6, 6.07) is 0. The predicted molar refractivity (Wildman–Crippen MR) is 68.8 cm³/mol. The van der Waals surface area contributed by atoms with Gasteiger partial charge in [-0.15, -0.1) is 0 Å². The molecule has 0 bridgehead atoms. The summed E-state index contributed by atoms with van der Waals surface area (Å²) in [4.78, 5) is 11.7. The van der Waals surface area contributed by atoms with E-state index in [4.69, 9.17) is 0 Å². The summed E-state index contributed by atoms with van der Waals surface area (Å²) in [6.07, 6.45) is 3.56. The molecule has 1 aliphatic rings. The largest absolute Gasteiger partial charge is 0.316 e. The van der Waals surface area contributed by atoms with Crippen LogP contribution in [-0.4, -0.2) is 38.8 Å². The van der Waals surface area contributed by atoms with Crippen LogP contribution in [0.25, 0.3) is 0 Å². The van der Waals surface area contributed by atoms with Crippen LogP contribution in [0.5, 0.6) is 0 Å². The van der Waals surface area contributed by atoms with E-state index in [0.29, 0.717) is 18.8 Å². The first-order valence-electron chi connectivity index (χ1n) is 6.46. The molecule has 1 aliphatic heterocycles. The Morgan fingerprint density at radius 2 is 2.12 bits per heavy atom. The Morgan fingerprint density at radius 1 is 1.35 bits per heavy atom. The van der Waals surface area contributed by atoms with Gasteiger partial charge in [0.25, 0.3) is 0 Å². The third-order valence-electron chi connectivity index (χ3n) is 3.12. The van der Waals surface area contributed by atoms with Gasteiger partial charge in [-0.25, -0.2) is 8.42 Å². The maximum Gasteiger partial charge on any atom is 0.150 e. The van der Waals surface area contributed by atoms with Crippen LogP contribution in [0.3, 0.4) is 0 Å². The highest BCUT2D eigenvalue weighted by atomic mass is 32.2. The van der Waals surface area contributed by atoms with E-state index in [2.05, 4.69) is 5.32 Å². The van der Waals surface area contributed by atoms with Crippen LogP contribution >= 0.6 is 0 Å². The topological polar surface area (TPSA) is 63.2 Å². The van der Waals surface area contributed by atoms with Gasteiger partial charge in [-0.3, -0.25) is 4.79 Å². The van der Waals surface area contributed by atoms with Gasteiger partial charge in [-0.1, -0.05) is 6.92 Å². The maximum absolute atomic E-state index is 11.7. The summed E-state index contributed by atoms with van der Waals surface area (Å²) < 4.78 is 22.9. The first kappa shape index (κ1) is 14.6. The lowest BCUT2D eigenvalue weighted by molar-refractivity contribution is -0.119. The minimum atomic E-state index is -3.00. The minimum absolute atomic E-state index is 0.0276. The molecule has 0 amide bonds. The Bertz CT molecular complexity index is 332. The molecular formula is C12H23NO3S. The fourth-order valence-electron chi connectivity index (χ4n) is 2.20. The number of carbonyl (C=O) groups excluding carboxylic acids is 1. The van der Waals surface area contributed by atoms with E-state index in [0.717, 1.165) is 25.9 Å². The quantitative estimate of drug-likeness (QED) is 0.747. The zero-order valence-corrected chi connectivity index (χ0v) is 11.4. The highest BCUT2D eigenvalue weighted by molar-refractivity contribution is 7.91. The molecule has 1 atom stereocenters. The molecule has 17 heavy (non-hydrogen) atoms. The summed E-state index contributed by atoms with van der Waals surface area (Å²) in [5, 5.41) is 3.26. The molecule has 0 saturated carbocycles. The number of sulfone groups is 1. The van der Waals surface area contributed by atoms with Crippen molar-refractivity contribution >= 4 is 15.6 Å². The van der Waals surface area contributed by atoms with Gasteiger partial charge in [0.1, 0.15) is 5.78 Å². The van der Waals surface area contributed by atoms with Crippen LogP contribution in [0.1, 0.15) is 39.0 Å². The number of Topliss-reactive ketones (excluding diaryl/α,β-unsaturated/α-hetero) is 1. The number of hydrogen-bond donors (Lipinski definition) is 1. The van der Waals surface area contributed by atoms with Crippen LogP contribution in [0.4, 0.5) is 0 Å². The molecular weight excluding hydrogens is 238 g/mol. The average Bonchev–Trinajstić information content (AvgIpc) is 2.28. The van der Waals surface area contributed by atoms with Crippen LogP contribution in [0, 0.1) is 5.92 Å². The van der Waals surface area contributed by atoms with E-state index in [1.54, 1.807) is 0 Å². The van der Waals surface area contributed by atoms with Crippen molar-refractivity contribution in [1.29, 1.82) is 0 Å². The van der Waals surface area contributed by atoms with Crippen molar-refractivity contribution in [2.75, 3.05) is 24.6 Å². The highest BCUT2D eigenvalue weighted by Gasteiger charge is 2.18. The second kappa shape index (κ2) is 7.11. The lowest BCUT2D eigenvalue weighted by atomic mass is 9.93. The van der Waals surface area contributed by atoms with Crippen molar-refractivity contribution in [2.24, 2.45) is 5.92 Å². The molecule has 1 heterocycles. The fraction of sp³-hybridized carbons (Fsp3) is 0.917. The fourth-order valence-corrected chi connectivity index (χ4v) is 3.57. The first-order valence-corrected chi connectivity index (χ1v) is 8.28. The van der Waals surface area contributed by atoms with Gasteiger partial charge < -0.3 is 5.32 Å². The number of piperidine rings is 1. The standard InChI is InChI=1S/C12H23NO3S/c1-2-7-17(15,16)8-5-12(14)9-11-4-3-6-13-10-11/h11,13H,2-10H2,1H3. The summed E-state index contributed by atoms with van der Waals surface area (Å²) >= 11 is 0. The number of nitrogens with one attached hydrogen (secondary N) is 1. The summed E-state index contributed by atoms with van der Waals surface area (Å²) in [5.41, 5.74) is 0. The molecule has 0 radical (unpaired) electrons. The number of hydrogen-bond acceptors (Lipinski definition) is 4. The molecule has 1 fully saturated rings. The van der Waals surface area contributed by atoms with Gasteiger partial charge in [-0.2, -0.15) is 0 Å². The SMILES string of the molecule is CCCS(=O)(=O)CCC(=O)CC1CCCNC1. The van der Waals surface area contributed by atoms with Gasteiger partial charge in [-0.05, 0) is 38.3 Å². The molecule has 0 aromatic heterocycles. The zero-order valence-electron chi connectivity index (χ0n) is 10.6. The van der Waals surface area contributed by atoms with E-state index in [1.165, 1.54) is 0 Å². The van der Waals surface area contributed by atoms with Crippen molar-refractivity contribution < 1.29 is 13.2 Å². The molecule has 1 unspecified atom stereocenters. The molecule has 0 aromatic carbocycles. The average molecular weight is 261 g/mol. The zero-order chi connectivity index (χ0) is 12.7. The van der Waals surface area contributed by atoms with Crippen molar-refractivity contribution in [3.63, 3.8) is 0 Å². The van der Waals surface area contributed by atoms with Gasteiger partial charge >= 0.3 is 0 Å². The van der Waals surface area contributed by atoms with Crippen molar-refractivity contribution in [3.8, 4) is 0 Å². The summed E-state index contributed by atoms with van der Waals surface area (Å²) in [5.74, 6) is 0.731. The summed E-state index contributed by atoms with van der Waals surface area (Å²) in [7, 11) is -3.00. The van der Waals surface area contributed by atoms with Gasteiger partial charge in [0.05, 0.1) is 5.75 Å². The van der Waals surface area contributed by atoms with Crippen molar-refractivity contribution in [1.82, 2.24) is 5.32 Å². The summed E-state index contributed by atoms with van der Waals surface area (Å²) in [6.45, 7) is 3.77. The molecule has 4 nitrogen and oxygen atoms in total. The Balaban J connectivity index is 2.25. The van der Waals surface area contributed by atoms with Crippen molar-refractivity contribution in [3.05, 3.63) is 0 Å². The van der Waals surface area contributed by atoms with Crippen LogP contribution in [-0.2, 0) is 14.6 Å². The lowest BCUT2D eigenvalue weighted by Crippen LogP contribution is -2.31. The number of rotatable bonds is 7. The molecule has 5 heteroatoms. The lowest BCUT2D eigenvalue weighted by Gasteiger charge is -2.21. The molecule has 1 rings (SSSR count). The third kappa shape index (κ3) is 6.17. The highest BCUT2D eigenvalue weighted by Crippen LogP contribution is 2.15. The first-order chi connectivity index (χ1) is 8.03. The van der Waals surface area contributed by atoms with Crippen LogP contribution < -0.4 is 5.32 Å². The second-order valence-corrected chi connectivity index (χ2v) is 7.16. The van der Waals surface area contributed by atoms with Gasteiger partial charge in [0.15, 0.2) is 9.84 Å². The monoisotopic (exact) mass is 261 g/mol.